The molecule has 7 nitrogen and oxygen atoms in total. The van der Waals surface area contributed by atoms with E-state index in [9.17, 15) is 4.79 Å². The number of carbonyl (C=O) groups is 1. The van der Waals surface area contributed by atoms with Gasteiger partial charge in [-0.2, -0.15) is 0 Å². The van der Waals surface area contributed by atoms with Gasteiger partial charge in [-0.25, -0.2) is 9.78 Å². The quantitative estimate of drug-likeness (QED) is 0.490. The van der Waals surface area contributed by atoms with E-state index in [2.05, 4.69) is 15.1 Å². The maximum atomic E-state index is 12.5. The van der Waals surface area contributed by atoms with Crippen LogP contribution in [0.2, 0.25) is 0 Å². The van der Waals surface area contributed by atoms with Crippen LogP contribution in [-0.4, -0.2) is 21.1 Å². The zero-order valence-corrected chi connectivity index (χ0v) is 14.5. The first kappa shape index (κ1) is 16.2. The summed E-state index contributed by atoms with van der Waals surface area (Å²) < 4.78 is 15.9. The second-order valence-electron chi connectivity index (χ2n) is 5.40. The largest absolute Gasteiger partial charge is 0.462 e. The lowest BCUT2D eigenvalue weighted by Crippen LogP contribution is -2.07. The molecule has 0 aliphatic rings. The van der Waals surface area contributed by atoms with Gasteiger partial charge in [-0.05, 0) is 31.2 Å². The summed E-state index contributed by atoms with van der Waals surface area (Å²) in [5.74, 6) is 0.571. The molecule has 0 bridgehead atoms. The van der Waals surface area contributed by atoms with Crippen LogP contribution < -0.4 is 0 Å². The van der Waals surface area contributed by atoms with E-state index in [1.807, 2.05) is 11.4 Å². The maximum Gasteiger partial charge on any atom is 0.344 e. The van der Waals surface area contributed by atoms with Crippen LogP contribution in [0, 0.1) is 6.92 Å². The fourth-order valence-electron chi connectivity index (χ4n) is 2.42. The average Bonchev–Trinajstić information content (AvgIpc) is 3.40. The molecule has 0 unspecified atom stereocenters. The number of hydrogen-bond acceptors (Lipinski definition) is 8. The monoisotopic (exact) mass is 367 g/mol. The highest BCUT2D eigenvalue weighted by molar-refractivity contribution is 7.13. The van der Waals surface area contributed by atoms with Gasteiger partial charge in [0.15, 0.2) is 10.8 Å². The second kappa shape index (κ2) is 6.93. The minimum absolute atomic E-state index is 0.0520. The third-order valence-corrected chi connectivity index (χ3v) is 4.56. The Hall–Kier alpha value is -3.26. The molecule has 4 aromatic rings. The fraction of sp³-hybridized carbons (Fsp3) is 0.111. The number of rotatable bonds is 5. The molecule has 130 valence electrons. The van der Waals surface area contributed by atoms with Crippen molar-refractivity contribution in [3.63, 3.8) is 0 Å². The van der Waals surface area contributed by atoms with Gasteiger partial charge in [0.25, 0.3) is 0 Å². The molecule has 0 atom stereocenters. The minimum Gasteiger partial charge on any atom is -0.462 e. The molecule has 0 amide bonds. The minimum atomic E-state index is -0.511. The Labute approximate surface area is 152 Å². The topological polar surface area (TPSA) is 91.2 Å². The van der Waals surface area contributed by atoms with Gasteiger partial charge in [-0.1, -0.05) is 5.16 Å². The number of hydrogen-bond donors (Lipinski definition) is 0. The molecule has 0 N–H and O–H groups in total. The molecule has 0 fully saturated rings. The van der Waals surface area contributed by atoms with Crippen molar-refractivity contribution >= 4 is 17.3 Å². The SMILES string of the molecule is Cc1onc(-c2ccncc2)c1C(=O)OCc1csc(-c2ccco2)n1. The lowest BCUT2D eigenvalue weighted by molar-refractivity contribution is 0.0467. The predicted molar refractivity (Wildman–Crippen MR) is 93.4 cm³/mol. The Kier molecular flexibility index (Phi) is 4.32. The van der Waals surface area contributed by atoms with Gasteiger partial charge < -0.3 is 13.7 Å². The molecular weight excluding hydrogens is 354 g/mol. The Bertz CT molecular complexity index is 1020. The van der Waals surface area contributed by atoms with E-state index in [1.54, 1.807) is 43.8 Å². The average molecular weight is 367 g/mol. The third kappa shape index (κ3) is 3.14. The van der Waals surface area contributed by atoms with Crippen molar-refractivity contribution in [3.8, 4) is 22.0 Å². The smallest absolute Gasteiger partial charge is 0.344 e. The van der Waals surface area contributed by atoms with Crippen LogP contribution in [0.25, 0.3) is 22.0 Å². The van der Waals surface area contributed by atoms with Crippen LogP contribution in [-0.2, 0) is 11.3 Å². The van der Waals surface area contributed by atoms with E-state index in [0.29, 0.717) is 28.5 Å². The van der Waals surface area contributed by atoms with Crippen molar-refractivity contribution in [2.75, 3.05) is 0 Å². The molecule has 0 radical (unpaired) electrons. The molecular formula is C18H13N3O4S. The predicted octanol–water partition coefficient (Wildman–Crippen LogP) is 4.12. The number of aryl methyl sites for hydroxylation is 1. The first-order valence-corrected chi connectivity index (χ1v) is 8.62. The third-order valence-electron chi connectivity index (χ3n) is 3.66. The number of carbonyl (C=O) groups excluding carboxylic acids is 1. The molecule has 0 saturated heterocycles. The van der Waals surface area contributed by atoms with Crippen LogP contribution in [0.3, 0.4) is 0 Å². The van der Waals surface area contributed by atoms with Crippen molar-refractivity contribution in [1.82, 2.24) is 15.1 Å². The Balaban J connectivity index is 1.50. The summed E-state index contributed by atoms with van der Waals surface area (Å²) in [4.78, 5) is 20.9. The van der Waals surface area contributed by atoms with E-state index in [4.69, 9.17) is 13.7 Å². The number of ether oxygens (including phenoxy) is 1. The lowest BCUT2D eigenvalue weighted by Gasteiger charge is -2.03. The van der Waals surface area contributed by atoms with Crippen molar-refractivity contribution in [3.05, 3.63) is 65.3 Å². The fourth-order valence-corrected chi connectivity index (χ4v) is 3.19. The Morgan fingerprint density at radius 1 is 1.27 bits per heavy atom. The molecule has 0 saturated carbocycles. The van der Waals surface area contributed by atoms with Crippen LogP contribution in [0.15, 0.2) is 57.2 Å². The summed E-state index contributed by atoms with van der Waals surface area (Å²) in [5, 5.41) is 6.53. The summed E-state index contributed by atoms with van der Waals surface area (Å²) >= 11 is 1.43. The van der Waals surface area contributed by atoms with E-state index in [-0.39, 0.29) is 6.61 Å². The summed E-state index contributed by atoms with van der Waals surface area (Å²) in [6, 6.07) is 7.14. The number of thiazole rings is 1. The number of nitrogens with zero attached hydrogens (tertiary/aromatic N) is 3. The highest BCUT2D eigenvalue weighted by Gasteiger charge is 2.23. The highest BCUT2D eigenvalue weighted by atomic mass is 32.1. The zero-order chi connectivity index (χ0) is 17.9. The molecule has 26 heavy (non-hydrogen) atoms. The van der Waals surface area contributed by atoms with Gasteiger partial charge in [0.1, 0.15) is 23.6 Å². The van der Waals surface area contributed by atoms with E-state index in [1.165, 1.54) is 11.3 Å². The molecule has 4 rings (SSSR count). The van der Waals surface area contributed by atoms with Crippen molar-refractivity contribution in [2.45, 2.75) is 13.5 Å². The van der Waals surface area contributed by atoms with E-state index >= 15 is 0 Å². The standard InChI is InChI=1S/C18H13N3O4S/c1-11-15(16(21-25-11)12-4-6-19-7-5-12)18(22)24-9-13-10-26-17(20-13)14-3-2-8-23-14/h2-8,10H,9H2,1H3. The normalized spacial score (nSPS) is 10.8. The van der Waals surface area contributed by atoms with Crippen LogP contribution in [0.4, 0.5) is 0 Å². The highest BCUT2D eigenvalue weighted by Crippen LogP contribution is 2.27. The molecule has 0 aromatic carbocycles. The number of esters is 1. The van der Waals surface area contributed by atoms with Gasteiger partial charge >= 0.3 is 5.97 Å². The first-order valence-electron chi connectivity index (χ1n) is 7.74. The molecule has 0 spiro atoms. The van der Waals surface area contributed by atoms with Crippen molar-refractivity contribution in [2.24, 2.45) is 0 Å². The van der Waals surface area contributed by atoms with Gasteiger partial charge in [0, 0.05) is 23.3 Å². The van der Waals surface area contributed by atoms with E-state index < -0.39 is 5.97 Å². The second-order valence-corrected chi connectivity index (χ2v) is 6.25. The van der Waals surface area contributed by atoms with Gasteiger partial charge in [0.2, 0.25) is 0 Å². The van der Waals surface area contributed by atoms with Crippen LogP contribution in [0.1, 0.15) is 21.8 Å². The molecule has 8 heteroatoms. The maximum absolute atomic E-state index is 12.5. The van der Waals surface area contributed by atoms with Gasteiger partial charge in [-0.3, -0.25) is 4.98 Å². The van der Waals surface area contributed by atoms with E-state index in [0.717, 1.165) is 10.6 Å². The van der Waals surface area contributed by atoms with Crippen molar-refractivity contribution in [1.29, 1.82) is 0 Å². The van der Waals surface area contributed by atoms with Crippen LogP contribution in [0.5, 0.6) is 0 Å². The molecule has 4 heterocycles. The Morgan fingerprint density at radius 3 is 2.88 bits per heavy atom. The lowest BCUT2D eigenvalue weighted by atomic mass is 10.1. The number of aromatic nitrogens is 3. The first-order chi connectivity index (χ1) is 12.7. The number of pyridine rings is 1. The summed E-state index contributed by atoms with van der Waals surface area (Å²) in [6.07, 6.45) is 4.84. The number of furan rings is 1. The van der Waals surface area contributed by atoms with Crippen molar-refractivity contribution < 1.29 is 18.5 Å². The van der Waals surface area contributed by atoms with Gasteiger partial charge in [-0.15, -0.1) is 11.3 Å². The summed E-state index contributed by atoms with van der Waals surface area (Å²) in [7, 11) is 0. The zero-order valence-electron chi connectivity index (χ0n) is 13.7. The molecule has 4 aromatic heterocycles. The molecule has 0 aliphatic carbocycles. The summed E-state index contributed by atoms with van der Waals surface area (Å²) in [6.45, 7) is 1.72. The van der Waals surface area contributed by atoms with Gasteiger partial charge in [0.05, 0.1) is 12.0 Å². The molecule has 0 aliphatic heterocycles. The van der Waals surface area contributed by atoms with Crippen LogP contribution >= 0.6 is 11.3 Å². The Morgan fingerprint density at radius 2 is 2.12 bits per heavy atom. The summed E-state index contributed by atoms with van der Waals surface area (Å²) in [5.41, 5.74) is 2.12.